The zero-order valence-corrected chi connectivity index (χ0v) is 16.3. The fourth-order valence-corrected chi connectivity index (χ4v) is 3.73. The van der Waals surface area contributed by atoms with Gasteiger partial charge in [0.05, 0.1) is 12.6 Å². The van der Waals surface area contributed by atoms with Crippen molar-refractivity contribution in [3.8, 4) is 0 Å². The number of aryl methyl sites for hydroxylation is 2. The number of likely N-dealkylation sites (N-methyl/N-ethyl adjacent to an activating group) is 1. The van der Waals surface area contributed by atoms with E-state index in [1.807, 2.05) is 44.9 Å². The van der Waals surface area contributed by atoms with E-state index in [0.717, 1.165) is 49.2 Å². The molecule has 1 aliphatic rings. The zero-order valence-electron chi connectivity index (χ0n) is 16.3. The van der Waals surface area contributed by atoms with Crippen LogP contribution in [0.15, 0.2) is 18.2 Å². The molecule has 1 aromatic rings. The number of amides is 1. The summed E-state index contributed by atoms with van der Waals surface area (Å²) >= 11 is 0. The third-order valence-corrected chi connectivity index (χ3v) is 5.16. The molecule has 2 unspecified atom stereocenters. The molecule has 0 aliphatic carbocycles. The summed E-state index contributed by atoms with van der Waals surface area (Å²) in [6.45, 7) is 7.71. The number of nitrogens with zero attached hydrogens (tertiary/aromatic N) is 2. The second kappa shape index (κ2) is 9.14. The van der Waals surface area contributed by atoms with Gasteiger partial charge in [0.1, 0.15) is 0 Å². The van der Waals surface area contributed by atoms with E-state index in [1.165, 1.54) is 0 Å². The molecule has 144 valence electrons. The highest BCUT2D eigenvalue weighted by atomic mass is 16.4. The van der Waals surface area contributed by atoms with Crippen molar-refractivity contribution in [1.29, 1.82) is 0 Å². The molecule has 0 aromatic heterocycles. The summed E-state index contributed by atoms with van der Waals surface area (Å²) in [6, 6.07) is 6.10. The minimum absolute atomic E-state index is 0.00680. The van der Waals surface area contributed by atoms with Crippen molar-refractivity contribution in [3.63, 3.8) is 0 Å². The summed E-state index contributed by atoms with van der Waals surface area (Å²) in [5.74, 6) is -0.790. The standard InChI is InChI=1S/C20H31N3O3/c1-14-10-15(2)12-17(11-14)21-20(26)16(3)23-8-5-6-18(7-9-23)22(4)13-19(24)25/h10-12,16,18H,5-9,13H2,1-4H3,(H,21,26)(H,24,25). The molecule has 1 saturated heterocycles. The molecule has 1 aliphatic heterocycles. The van der Waals surface area contributed by atoms with Crippen LogP contribution in [0.1, 0.15) is 37.3 Å². The van der Waals surface area contributed by atoms with Crippen molar-refractivity contribution in [2.75, 3.05) is 32.0 Å². The Labute approximate surface area is 156 Å². The predicted octanol–water partition coefficient (Wildman–Crippen LogP) is 2.50. The number of nitrogens with one attached hydrogen (secondary N) is 1. The molecule has 6 heteroatoms. The molecular weight excluding hydrogens is 330 g/mol. The lowest BCUT2D eigenvalue weighted by molar-refractivity contribution is -0.138. The fourth-order valence-electron chi connectivity index (χ4n) is 3.73. The van der Waals surface area contributed by atoms with E-state index < -0.39 is 5.97 Å². The maximum absolute atomic E-state index is 12.7. The molecule has 0 spiro atoms. The topological polar surface area (TPSA) is 72.9 Å². The Hall–Kier alpha value is -1.92. The van der Waals surface area contributed by atoms with Gasteiger partial charge in [-0.15, -0.1) is 0 Å². The van der Waals surface area contributed by atoms with Crippen molar-refractivity contribution >= 4 is 17.6 Å². The number of aliphatic carboxylic acids is 1. The molecule has 26 heavy (non-hydrogen) atoms. The van der Waals surface area contributed by atoms with E-state index in [1.54, 1.807) is 0 Å². The predicted molar refractivity (Wildman–Crippen MR) is 103 cm³/mol. The van der Waals surface area contributed by atoms with Crippen molar-refractivity contribution in [2.45, 2.75) is 52.1 Å². The highest BCUT2D eigenvalue weighted by molar-refractivity contribution is 5.94. The summed E-state index contributed by atoms with van der Waals surface area (Å²) in [5, 5.41) is 12.0. The van der Waals surface area contributed by atoms with Gasteiger partial charge < -0.3 is 10.4 Å². The Morgan fingerprint density at radius 2 is 1.88 bits per heavy atom. The quantitative estimate of drug-likeness (QED) is 0.814. The molecule has 1 aromatic carbocycles. The second-order valence-electron chi connectivity index (χ2n) is 7.47. The van der Waals surface area contributed by atoms with E-state index in [-0.39, 0.29) is 24.5 Å². The van der Waals surface area contributed by atoms with Crippen LogP contribution < -0.4 is 5.32 Å². The first kappa shape index (κ1) is 20.4. The first-order chi connectivity index (χ1) is 12.3. The van der Waals surface area contributed by atoms with Gasteiger partial charge in [-0.05, 0) is 76.9 Å². The van der Waals surface area contributed by atoms with Gasteiger partial charge in [-0.1, -0.05) is 6.07 Å². The maximum Gasteiger partial charge on any atom is 0.317 e. The van der Waals surface area contributed by atoms with Crippen LogP contribution in [0.25, 0.3) is 0 Å². The molecule has 0 bridgehead atoms. The molecule has 2 atom stereocenters. The number of carbonyl (C=O) groups excluding carboxylic acids is 1. The normalized spacial score (nSPS) is 19.8. The Morgan fingerprint density at radius 1 is 1.23 bits per heavy atom. The molecule has 6 nitrogen and oxygen atoms in total. The van der Waals surface area contributed by atoms with Gasteiger partial charge in [0.2, 0.25) is 5.91 Å². The Morgan fingerprint density at radius 3 is 2.50 bits per heavy atom. The van der Waals surface area contributed by atoms with Crippen molar-refractivity contribution in [2.24, 2.45) is 0 Å². The van der Waals surface area contributed by atoms with Crippen LogP contribution in [0, 0.1) is 13.8 Å². The minimum atomic E-state index is -0.796. The number of rotatable bonds is 6. The maximum atomic E-state index is 12.7. The number of likely N-dealkylation sites (tertiary alicyclic amines) is 1. The molecule has 0 radical (unpaired) electrons. The van der Waals surface area contributed by atoms with Crippen molar-refractivity contribution in [1.82, 2.24) is 9.80 Å². The van der Waals surface area contributed by atoms with Gasteiger partial charge in [-0.2, -0.15) is 0 Å². The van der Waals surface area contributed by atoms with Crippen molar-refractivity contribution < 1.29 is 14.7 Å². The SMILES string of the molecule is Cc1cc(C)cc(NC(=O)C(C)N2CCCC(N(C)CC(=O)O)CC2)c1. The fraction of sp³-hybridized carbons (Fsp3) is 0.600. The smallest absolute Gasteiger partial charge is 0.317 e. The van der Waals surface area contributed by atoms with Gasteiger partial charge in [-0.25, -0.2) is 0 Å². The lowest BCUT2D eigenvalue weighted by atomic mass is 10.1. The van der Waals surface area contributed by atoms with Gasteiger partial charge in [-0.3, -0.25) is 19.4 Å². The summed E-state index contributed by atoms with van der Waals surface area (Å²) in [4.78, 5) is 27.7. The molecule has 1 heterocycles. The van der Waals surface area contributed by atoms with Crippen LogP contribution in [-0.2, 0) is 9.59 Å². The van der Waals surface area contributed by atoms with Gasteiger partial charge in [0.15, 0.2) is 0 Å². The Kier molecular flexibility index (Phi) is 7.17. The number of carboxylic acids is 1. The van der Waals surface area contributed by atoms with Crippen LogP contribution in [0.5, 0.6) is 0 Å². The number of hydrogen-bond acceptors (Lipinski definition) is 4. The Bertz CT molecular complexity index is 627. The van der Waals surface area contributed by atoms with E-state index in [0.29, 0.717) is 0 Å². The molecule has 1 amide bonds. The lowest BCUT2D eigenvalue weighted by Crippen LogP contribution is -2.43. The van der Waals surface area contributed by atoms with E-state index in [9.17, 15) is 9.59 Å². The molecule has 2 rings (SSSR count). The second-order valence-corrected chi connectivity index (χ2v) is 7.47. The number of anilines is 1. The first-order valence-corrected chi connectivity index (χ1v) is 9.31. The molecule has 1 fully saturated rings. The van der Waals surface area contributed by atoms with E-state index in [2.05, 4.69) is 16.3 Å². The first-order valence-electron chi connectivity index (χ1n) is 9.31. The largest absolute Gasteiger partial charge is 0.480 e. The van der Waals surface area contributed by atoms with E-state index in [4.69, 9.17) is 5.11 Å². The number of benzene rings is 1. The third-order valence-electron chi connectivity index (χ3n) is 5.16. The highest BCUT2D eigenvalue weighted by Crippen LogP contribution is 2.19. The summed E-state index contributed by atoms with van der Waals surface area (Å²) in [6.07, 6.45) is 2.81. The van der Waals surface area contributed by atoms with Crippen LogP contribution in [0.3, 0.4) is 0 Å². The average molecular weight is 361 g/mol. The van der Waals surface area contributed by atoms with Crippen LogP contribution in [-0.4, -0.2) is 65.5 Å². The summed E-state index contributed by atoms with van der Waals surface area (Å²) < 4.78 is 0. The zero-order chi connectivity index (χ0) is 19.3. The third kappa shape index (κ3) is 5.81. The number of carbonyl (C=O) groups is 2. The monoisotopic (exact) mass is 361 g/mol. The van der Waals surface area contributed by atoms with E-state index >= 15 is 0 Å². The molecular formula is C20H31N3O3. The lowest BCUT2D eigenvalue weighted by Gasteiger charge is -2.28. The molecule has 0 saturated carbocycles. The highest BCUT2D eigenvalue weighted by Gasteiger charge is 2.27. The number of carboxylic acid groups (broad SMARTS) is 1. The average Bonchev–Trinajstić information content (AvgIpc) is 2.78. The van der Waals surface area contributed by atoms with Gasteiger partial charge in [0.25, 0.3) is 0 Å². The van der Waals surface area contributed by atoms with Gasteiger partial charge >= 0.3 is 5.97 Å². The summed E-state index contributed by atoms with van der Waals surface area (Å²) in [7, 11) is 1.87. The van der Waals surface area contributed by atoms with Crippen LogP contribution in [0.2, 0.25) is 0 Å². The van der Waals surface area contributed by atoms with Crippen molar-refractivity contribution in [3.05, 3.63) is 29.3 Å². The minimum Gasteiger partial charge on any atom is -0.480 e. The Balaban J connectivity index is 1.93. The molecule has 2 N–H and O–H groups in total. The number of hydrogen-bond donors (Lipinski definition) is 2. The van der Waals surface area contributed by atoms with Crippen LogP contribution in [0.4, 0.5) is 5.69 Å². The summed E-state index contributed by atoms with van der Waals surface area (Å²) in [5.41, 5.74) is 3.10. The van der Waals surface area contributed by atoms with Gasteiger partial charge in [0, 0.05) is 18.3 Å². The van der Waals surface area contributed by atoms with Crippen LogP contribution >= 0.6 is 0 Å².